The zero-order valence-corrected chi connectivity index (χ0v) is 12.4. The van der Waals surface area contributed by atoms with E-state index in [2.05, 4.69) is 9.82 Å². The van der Waals surface area contributed by atoms with Crippen molar-refractivity contribution in [1.82, 2.24) is 14.5 Å². The lowest BCUT2D eigenvalue weighted by Gasteiger charge is -2.09. The number of aromatic nitrogens is 2. The van der Waals surface area contributed by atoms with Gasteiger partial charge in [-0.3, -0.25) is 4.68 Å². The Morgan fingerprint density at radius 2 is 2.19 bits per heavy atom. The molecule has 3 N–H and O–H groups in total. The summed E-state index contributed by atoms with van der Waals surface area (Å²) < 4.78 is 41.8. The maximum absolute atomic E-state index is 13.6. The van der Waals surface area contributed by atoms with Crippen LogP contribution in [0.15, 0.2) is 35.5 Å². The third-order valence-corrected chi connectivity index (χ3v) is 4.52. The van der Waals surface area contributed by atoms with Gasteiger partial charge in [-0.1, -0.05) is 0 Å². The van der Waals surface area contributed by atoms with Gasteiger partial charge in [-0.15, -0.1) is 0 Å². The fourth-order valence-electron chi connectivity index (χ4n) is 1.79. The number of halogens is 1. The fraction of sp³-hybridized carbons (Fsp3) is 0.308. The van der Waals surface area contributed by atoms with Crippen molar-refractivity contribution in [2.45, 2.75) is 24.8 Å². The molecule has 2 aromatic rings. The van der Waals surface area contributed by atoms with Gasteiger partial charge in [0.25, 0.3) is 0 Å². The number of nitrogens with two attached hydrogens (primary N) is 1. The van der Waals surface area contributed by atoms with Crippen LogP contribution in [-0.2, 0) is 16.6 Å². The molecule has 8 heteroatoms. The van der Waals surface area contributed by atoms with E-state index in [9.17, 15) is 12.8 Å². The molecule has 0 aliphatic heterocycles. The van der Waals surface area contributed by atoms with Crippen LogP contribution < -0.4 is 10.5 Å². The van der Waals surface area contributed by atoms with Crippen molar-refractivity contribution < 1.29 is 12.8 Å². The van der Waals surface area contributed by atoms with Crippen LogP contribution in [-0.4, -0.2) is 24.7 Å². The normalized spacial score (nSPS) is 11.7. The third kappa shape index (κ3) is 3.79. The van der Waals surface area contributed by atoms with E-state index in [1.54, 1.807) is 23.1 Å². The van der Waals surface area contributed by atoms with Crippen molar-refractivity contribution in [2.24, 2.45) is 0 Å². The second kappa shape index (κ2) is 6.23. The van der Waals surface area contributed by atoms with E-state index in [4.69, 9.17) is 5.73 Å². The van der Waals surface area contributed by atoms with Crippen LogP contribution in [0.4, 0.5) is 10.1 Å². The van der Waals surface area contributed by atoms with E-state index in [0.29, 0.717) is 13.0 Å². The van der Waals surface area contributed by atoms with Crippen LogP contribution >= 0.6 is 0 Å². The molecule has 0 saturated heterocycles. The summed E-state index contributed by atoms with van der Waals surface area (Å²) in [5, 5.41) is 4.01. The maximum Gasteiger partial charge on any atom is 0.240 e. The number of sulfonamides is 1. The Kier molecular flexibility index (Phi) is 4.59. The molecule has 0 spiro atoms. The van der Waals surface area contributed by atoms with E-state index in [1.165, 1.54) is 13.0 Å². The Labute approximate surface area is 122 Å². The Hall–Kier alpha value is -1.93. The highest BCUT2D eigenvalue weighted by molar-refractivity contribution is 7.89. The Morgan fingerprint density at radius 3 is 2.81 bits per heavy atom. The highest BCUT2D eigenvalue weighted by atomic mass is 32.2. The summed E-state index contributed by atoms with van der Waals surface area (Å²) in [7, 11) is -3.76. The van der Waals surface area contributed by atoms with Crippen molar-refractivity contribution in [3.63, 3.8) is 0 Å². The number of hydrogen-bond donors (Lipinski definition) is 2. The molecule has 0 bridgehead atoms. The second-order valence-electron chi connectivity index (χ2n) is 4.64. The lowest BCUT2D eigenvalue weighted by atomic mass is 10.2. The van der Waals surface area contributed by atoms with Crippen molar-refractivity contribution in [2.75, 3.05) is 12.3 Å². The molecule has 2 rings (SSSR count). The molecular formula is C13H17FN4O2S. The monoisotopic (exact) mass is 312 g/mol. The lowest BCUT2D eigenvalue weighted by Crippen LogP contribution is -2.26. The minimum atomic E-state index is -3.76. The van der Waals surface area contributed by atoms with Crippen molar-refractivity contribution in [3.8, 4) is 0 Å². The molecule has 6 nitrogen and oxygen atoms in total. The van der Waals surface area contributed by atoms with Gasteiger partial charge >= 0.3 is 0 Å². The van der Waals surface area contributed by atoms with Gasteiger partial charge in [0.2, 0.25) is 10.0 Å². The minimum Gasteiger partial charge on any atom is -0.398 e. The number of nitrogens with one attached hydrogen (secondary N) is 1. The first-order chi connectivity index (χ1) is 9.90. The molecular weight excluding hydrogens is 295 g/mol. The first-order valence-electron chi connectivity index (χ1n) is 6.43. The van der Waals surface area contributed by atoms with Crippen molar-refractivity contribution in [1.29, 1.82) is 0 Å². The Balaban J connectivity index is 1.98. The highest BCUT2D eigenvalue weighted by Gasteiger charge is 2.16. The van der Waals surface area contributed by atoms with Gasteiger partial charge < -0.3 is 5.73 Å². The zero-order valence-electron chi connectivity index (χ0n) is 11.6. The number of aryl methyl sites for hydroxylation is 1. The summed E-state index contributed by atoms with van der Waals surface area (Å²) in [6.45, 7) is 2.33. The first kappa shape index (κ1) is 15.5. The summed E-state index contributed by atoms with van der Waals surface area (Å²) in [6, 6.07) is 4.03. The number of hydrogen-bond acceptors (Lipinski definition) is 4. The average molecular weight is 312 g/mol. The van der Waals surface area contributed by atoms with Crippen LogP contribution in [0.25, 0.3) is 0 Å². The molecule has 0 saturated carbocycles. The molecule has 1 aromatic heterocycles. The van der Waals surface area contributed by atoms with E-state index in [1.807, 2.05) is 0 Å². The molecule has 0 atom stereocenters. The topological polar surface area (TPSA) is 90.0 Å². The fourth-order valence-corrected chi connectivity index (χ4v) is 2.91. The van der Waals surface area contributed by atoms with Gasteiger partial charge in [0, 0.05) is 36.7 Å². The minimum absolute atomic E-state index is 0.118. The van der Waals surface area contributed by atoms with Gasteiger partial charge in [0.15, 0.2) is 0 Å². The molecule has 0 fully saturated rings. The van der Waals surface area contributed by atoms with Crippen molar-refractivity contribution >= 4 is 15.7 Å². The summed E-state index contributed by atoms with van der Waals surface area (Å²) in [5.74, 6) is -0.632. The van der Waals surface area contributed by atoms with Crippen LogP contribution in [0.3, 0.4) is 0 Å². The summed E-state index contributed by atoms with van der Waals surface area (Å²) >= 11 is 0. The number of anilines is 1. The quantitative estimate of drug-likeness (QED) is 0.621. The predicted molar refractivity (Wildman–Crippen MR) is 77.6 cm³/mol. The molecule has 21 heavy (non-hydrogen) atoms. The van der Waals surface area contributed by atoms with Crippen LogP contribution in [0, 0.1) is 12.7 Å². The zero-order chi connectivity index (χ0) is 15.5. The first-order valence-corrected chi connectivity index (χ1v) is 7.91. The molecule has 1 aromatic carbocycles. The van der Waals surface area contributed by atoms with Gasteiger partial charge in [-0.2, -0.15) is 5.10 Å². The summed E-state index contributed by atoms with van der Waals surface area (Å²) in [4.78, 5) is -0.165. The van der Waals surface area contributed by atoms with Crippen LogP contribution in [0.1, 0.15) is 12.0 Å². The van der Waals surface area contributed by atoms with E-state index >= 15 is 0 Å². The number of rotatable bonds is 6. The van der Waals surface area contributed by atoms with Crippen molar-refractivity contribution in [3.05, 3.63) is 42.0 Å². The number of benzene rings is 1. The summed E-state index contributed by atoms with van der Waals surface area (Å²) in [5.41, 5.74) is 5.95. The Bertz CT molecular complexity index is 691. The van der Waals surface area contributed by atoms with Gasteiger partial charge in [0.1, 0.15) is 5.82 Å². The van der Waals surface area contributed by atoms with Gasteiger partial charge in [-0.25, -0.2) is 17.5 Å². The van der Waals surface area contributed by atoms with Crippen LogP contribution in [0.5, 0.6) is 0 Å². The Morgan fingerprint density at radius 1 is 1.43 bits per heavy atom. The lowest BCUT2D eigenvalue weighted by molar-refractivity contribution is 0.551. The third-order valence-electron chi connectivity index (χ3n) is 3.08. The molecule has 1 heterocycles. The predicted octanol–water partition coefficient (Wildman–Crippen LogP) is 1.28. The number of nitrogen functional groups attached to an aromatic ring is 1. The maximum atomic E-state index is 13.6. The molecule has 0 unspecified atom stereocenters. The molecule has 0 amide bonds. The highest BCUT2D eigenvalue weighted by Crippen LogP contribution is 2.20. The molecule has 0 radical (unpaired) electrons. The van der Waals surface area contributed by atoms with Crippen LogP contribution in [0.2, 0.25) is 0 Å². The molecule has 0 aliphatic rings. The standard InChI is InChI=1S/C13H17FN4O2S/c1-10-12(14)8-11(9-13(10)15)21(19,20)17-5-3-7-18-6-2-4-16-18/h2,4,6,8-9,17H,3,5,7,15H2,1H3. The smallest absolute Gasteiger partial charge is 0.240 e. The average Bonchev–Trinajstić information content (AvgIpc) is 2.93. The SMILES string of the molecule is Cc1c(N)cc(S(=O)(=O)NCCCn2cccn2)cc1F. The van der Waals surface area contributed by atoms with E-state index < -0.39 is 15.8 Å². The van der Waals surface area contributed by atoms with E-state index in [0.717, 1.165) is 6.07 Å². The molecule has 0 aliphatic carbocycles. The molecule has 114 valence electrons. The number of nitrogens with zero attached hydrogens (tertiary/aromatic N) is 2. The van der Waals surface area contributed by atoms with Gasteiger partial charge in [-0.05, 0) is 31.5 Å². The second-order valence-corrected chi connectivity index (χ2v) is 6.41. The van der Waals surface area contributed by atoms with Gasteiger partial charge in [0.05, 0.1) is 4.90 Å². The largest absolute Gasteiger partial charge is 0.398 e. The summed E-state index contributed by atoms with van der Waals surface area (Å²) in [6.07, 6.45) is 4.03. The van der Waals surface area contributed by atoms with E-state index in [-0.39, 0.29) is 22.7 Å².